The number of nitrogens with zero attached hydrogens (tertiary/aromatic N) is 1. The molecule has 0 bridgehead atoms. The highest BCUT2D eigenvalue weighted by atomic mass is 16.3. The summed E-state index contributed by atoms with van der Waals surface area (Å²) in [5.74, 6) is 0.980. The molecule has 1 aliphatic heterocycles. The van der Waals surface area contributed by atoms with Gasteiger partial charge in [0.1, 0.15) is 0 Å². The molecule has 0 amide bonds. The van der Waals surface area contributed by atoms with E-state index in [1.807, 2.05) is 0 Å². The minimum Gasteiger partial charge on any atom is -0.394 e. The van der Waals surface area contributed by atoms with E-state index < -0.39 is 0 Å². The molecule has 20 heavy (non-hydrogen) atoms. The molecule has 2 N–H and O–H groups in total. The second-order valence-electron chi connectivity index (χ2n) is 7.36. The maximum absolute atomic E-state index is 9.88. The third kappa shape index (κ3) is 2.77. The molecular weight excluding hydrogens is 248 g/mol. The van der Waals surface area contributed by atoms with Gasteiger partial charge in [0.25, 0.3) is 0 Å². The van der Waals surface area contributed by atoms with E-state index in [1.165, 1.54) is 51.5 Å². The Balaban J connectivity index is 1.67. The number of likely N-dealkylation sites (N-methyl/N-ethyl adjacent to an activating group) is 1. The van der Waals surface area contributed by atoms with Gasteiger partial charge in [-0.25, -0.2) is 0 Å². The summed E-state index contributed by atoms with van der Waals surface area (Å²) >= 11 is 0. The Morgan fingerprint density at radius 1 is 1.15 bits per heavy atom. The normalized spacial score (nSPS) is 42.6. The molecule has 0 aromatic rings. The van der Waals surface area contributed by atoms with Crippen LogP contribution in [0, 0.1) is 5.92 Å². The van der Waals surface area contributed by atoms with Crippen molar-refractivity contribution in [2.24, 2.45) is 5.92 Å². The fourth-order valence-electron chi connectivity index (χ4n) is 5.24. The number of hydrogen-bond acceptors (Lipinski definition) is 3. The van der Waals surface area contributed by atoms with Gasteiger partial charge in [-0.2, -0.15) is 0 Å². The molecule has 3 rings (SSSR count). The first-order valence-corrected chi connectivity index (χ1v) is 8.89. The summed E-state index contributed by atoms with van der Waals surface area (Å²) in [6, 6.07) is 1.58. The summed E-state index contributed by atoms with van der Waals surface area (Å²) in [6.07, 6.45) is 12.1. The molecular formula is C17H32N2O. The fraction of sp³-hybridized carbons (Fsp3) is 1.00. The second kappa shape index (κ2) is 6.33. The average Bonchev–Trinajstić information content (AvgIpc) is 2.92. The summed E-state index contributed by atoms with van der Waals surface area (Å²) in [5.41, 5.74) is 0.00439. The van der Waals surface area contributed by atoms with Gasteiger partial charge in [-0.1, -0.05) is 19.8 Å². The molecule has 3 fully saturated rings. The van der Waals surface area contributed by atoms with Crippen molar-refractivity contribution in [3.63, 3.8) is 0 Å². The standard InChI is InChI=1S/C17H32N2O/c1-2-18-17(13-20)10-5-7-15(12-17)19-11-9-14-6-3-4-8-16(14)19/h14-16,18,20H,2-13H2,1H3. The van der Waals surface area contributed by atoms with Gasteiger partial charge in [0, 0.05) is 17.6 Å². The lowest BCUT2D eigenvalue weighted by Gasteiger charge is -2.46. The Morgan fingerprint density at radius 3 is 2.80 bits per heavy atom. The van der Waals surface area contributed by atoms with Crippen LogP contribution in [0.4, 0.5) is 0 Å². The Labute approximate surface area is 124 Å². The van der Waals surface area contributed by atoms with Crippen LogP contribution in [-0.4, -0.2) is 47.3 Å². The van der Waals surface area contributed by atoms with Gasteiger partial charge in [0.05, 0.1) is 6.61 Å². The number of nitrogens with one attached hydrogen (secondary N) is 1. The number of aliphatic hydroxyl groups is 1. The summed E-state index contributed by atoms with van der Waals surface area (Å²) in [4.78, 5) is 2.84. The van der Waals surface area contributed by atoms with E-state index in [1.54, 1.807) is 0 Å². The quantitative estimate of drug-likeness (QED) is 0.831. The predicted molar refractivity (Wildman–Crippen MR) is 82.8 cm³/mol. The number of likely N-dealkylation sites (tertiary alicyclic amines) is 1. The Morgan fingerprint density at radius 2 is 2.00 bits per heavy atom. The van der Waals surface area contributed by atoms with Crippen LogP contribution >= 0.6 is 0 Å². The third-order valence-corrected chi connectivity index (χ3v) is 6.20. The maximum Gasteiger partial charge on any atom is 0.0613 e. The zero-order valence-corrected chi connectivity index (χ0v) is 13.1. The van der Waals surface area contributed by atoms with Gasteiger partial charge < -0.3 is 10.4 Å². The van der Waals surface area contributed by atoms with E-state index in [0.29, 0.717) is 12.6 Å². The maximum atomic E-state index is 9.88. The Hall–Kier alpha value is -0.120. The zero-order chi connectivity index (χ0) is 14.0. The van der Waals surface area contributed by atoms with Crippen molar-refractivity contribution in [3.05, 3.63) is 0 Å². The monoisotopic (exact) mass is 280 g/mol. The molecule has 3 heteroatoms. The molecule has 0 aromatic heterocycles. The van der Waals surface area contributed by atoms with E-state index in [4.69, 9.17) is 0 Å². The molecule has 3 nitrogen and oxygen atoms in total. The zero-order valence-electron chi connectivity index (χ0n) is 13.1. The third-order valence-electron chi connectivity index (χ3n) is 6.20. The van der Waals surface area contributed by atoms with Crippen molar-refractivity contribution in [1.29, 1.82) is 0 Å². The summed E-state index contributed by atoms with van der Waals surface area (Å²) in [6.45, 7) is 4.75. The molecule has 1 saturated heterocycles. The van der Waals surface area contributed by atoms with Gasteiger partial charge in [0.2, 0.25) is 0 Å². The van der Waals surface area contributed by atoms with Crippen LogP contribution in [0.3, 0.4) is 0 Å². The first-order chi connectivity index (χ1) is 9.78. The van der Waals surface area contributed by atoms with Crippen molar-refractivity contribution >= 4 is 0 Å². The lowest BCUT2D eigenvalue weighted by Crippen LogP contribution is -2.56. The first-order valence-electron chi connectivity index (χ1n) is 8.89. The Bertz CT molecular complexity index is 318. The molecule has 2 aliphatic carbocycles. The largest absolute Gasteiger partial charge is 0.394 e. The molecule has 0 spiro atoms. The molecule has 0 aromatic carbocycles. The SMILES string of the molecule is CCNC1(CO)CCCC(N2CCC3CCCCC32)C1. The van der Waals surface area contributed by atoms with Crippen molar-refractivity contribution < 1.29 is 5.11 Å². The highest BCUT2D eigenvalue weighted by Crippen LogP contribution is 2.41. The van der Waals surface area contributed by atoms with Gasteiger partial charge in [-0.15, -0.1) is 0 Å². The van der Waals surface area contributed by atoms with Crippen molar-refractivity contribution in [2.75, 3.05) is 19.7 Å². The van der Waals surface area contributed by atoms with Crippen molar-refractivity contribution in [3.8, 4) is 0 Å². The second-order valence-corrected chi connectivity index (χ2v) is 7.36. The van der Waals surface area contributed by atoms with E-state index in [-0.39, 0.29) is 5.54 Å². The fourth-order valence-corrected chi connectivity index (χ4v) is 5.24. The van der Waals surface area contributed by atoms with E-state index >= 15 is 0 Å². The van der Waals surface area contributed by atoms with Crippen molar-refractivity contribution in [2.45, 2.75) is 82.3 Å². The molecule has 3 aliphatic rings. The van der Waals surface area contributed by atoms with Crippen LogP contribution in [0.1, 0.15) is 64.7 Å². The molecule has 2 saturated carbocycles. The van der Waals surface area contributed by atoms with Crippen molar-refractivity contribution in [1.82, 2.24) is 10.2 Å². The Kier molecular flexibility index (Phi) is 4.68. The lowest BCUT2D eigenvalue weighted by atomic mass is 9.77. The number of rotatable bonds is 4. The van der Waals surface area contributed by atoms with Crippen LogP contribution in [0.2, 0.25) is 0 Å². The van der Waals surface area contributed by atoms with Gasteiger partial charge >= 0.3 is 0 Å². The first kappa shape index (κ1) is 14.8. The number of aliphatic hydroxyl groups excluding tert-OH is 1. The smallest absolute Gasteiger partial charge is 0.0613 e. The highest BCUT2D eigenvalue weighted by Gasteiger charge is 2.43. The summed E-state index contributed by atoms with van der Waals surface area (Å²) in [7, 11) is 0. The van der Waals surface area contributed by atoms with Crippen LogP contribution in [0.5, 0.6) is 0 Å². The van der Waals surface area contributed by atoms with Gasteiger partial charge in [-0.3, -0.25) is 4.90 Å². The average molecular weight is 280 g/mol. The van der Waals surface area contributed by atoms with Crippen LogP contribution in [-0.2, 0) is 0 Å². The van der Waals surface area contributed by atoms with Crippen LogP contribution in [0.25, 0.3) is 0 Å². The van der Waals surface area contributed by atoms with Crippen LogP contribution < -0.4 is 5.32 Å². The topological polar surface area (TPSA) is 35.5 Å². The highest BCUT2D eigenvalue weighted by molar-refractivity contribution is 5.00. The summed E-state index contributed by atoms with van der Waals surface area (Å²) in [5, 5.41) is 13.5. The molecule has 4 unspecified atom stereocenters. The van der Waals surface area contributed by atoms with E-state index in [2.05, 4.69) is 17.1 Å². The molecule has 0 radical (unpaired) electrons. The molecule has 1 heterocycles. The molecule has 4 atom stereocenters. The summed E-state index contributed by atoms with van der Waals surface area (Å²) < 4.78 is 0. The van der Waals surface area contributed by atoms with E-state index in [9.17, 15) is 5.11 Å². The van der Waals surface area contributed by atoms with E-state index in [0.717, 1.165) is 31.3 Å². The predicted octanol–water partition coefficient (Wildman–Crippen LogP) is 2.53. The minimum atomic E-state index is 0.00439. The minimum absolute atomic E-state index is 0.00439. The number of fused-ring (bicyclic) bond motifs is 1. The molecule has 116 valence electrons. The number of hydrogen-bond donors (Lipinski definition) is 2. The van der Waals surface area contributed by atoms with Crippen LogP contribution in [0.15, 0.2) is 0 Å². The lowest BCUT2D eigenvalue weighted by molar-refractivity contribution is 0.0431. The van der Waals surface area contributed by atoms with Gasteiger partial charge in [-0.05, 0) is 64.0 Å². The van der Waals surface area contributed by atoms with Gasteiger partial charge in [0.15, 0.2) is 0 Å².